The van der Waals surface area contributed by atoms with Crippen LogP contribution in [0.15, 0.2) is 4.99 Å². The molecule has 0 amide bonds. The first-order valence-corrected chi connectivity index (χ1v) is 9.33. The summed E-state index contributed by atoms with van der Waals surface area (Å²) < 4.78 is 37.2. The number of halogens is 3. The zero-order valence-corrected chi connectivity index (χ0v) is 15.0. The number of guanidine groups is 1. The Morgan fingerprint density at radius 3 is 2.44 bits per heavy atom. The lowest BCUT2D eigenvalue weighted by Crippen LogP contribution is -2.44. The zero-order valence-electron chi connectivity index (χ0n) is 15.0. The van der Waals surface area contributed by atoms with Gasteiger partial charge in [0.25, 0.3) is 0 Å². The minimum absolute atomic E-state index is 0.415. The molecule has 0 aromatic carbocycles. The zero-order chi connectivity index (χ0) is 18.3. The van der Waals surface area contributed by atoms with Gasteiger partial charge < -0.3 is 15.7 Å². The third-order valence-corrected chi connectivity index (χ3v) is 5.12. The molecule has 0 spiro atoms. The number of hydrogen-bond acceptors (Lipinski definition) is 3. The highest BCUT2D eigenvalue weighted by molar-refractivity contribution is 5.79. The topological polar surface area (TPSA) is 59.9 Å². The van der Waals surface area contributed by atoms with E-state index in [0.717, 1.165) is 51.6 Å². The van der Waals surface area contributed by atoms with Gasteiger partial charge in [0.2, 0.25) is 0 Å². The molecular weight excluding hydrogens is 333 g/mol. The van der Waals surface area contributed by atoms with E-state index in [-0.39, 0.29) is 0 Å². The van der Waals surface area contributed by atoms with Crippen LogP contribution >= 0.6 is 0 Å². The number of nitrogens with one attached hydrogen (secondary N) is 2. The molecule has 5 nitrogen and oxygen atoms in total. The van der Waals surface area contributed by atoms with E-state index in [1.54, 1.807) is 0 Å². The largest absolute Gasteiger partial charge is 0.401 e. The second-order valence-electron chi connectivity index (χ2n) is 7.32. The molecule has 0 unspecified atom stereocenters. The van der Waals surface area contributed by atoms with Gasteiger partial charge in [-0.15, -0.1) is 0 Å². The highest BCUT2D eigenvalue weighted by Crippen LogP contribution is 2.31. The number of rotatable bonds is 7. The molecule has 1 heterocycles. The maximum Gasteiger partial charge on any atom is 0.401 e. The predicted molar refractivity (Wildman–Crippen MR) is 92.6 cm³/mol. The van der Waals surface area contributed by atoms with Crippen LogP contribution in [-0.2, 0) is 0 Å². The molecule has 1 saturated carbocycles. The molecular formula is C17H31F3N4O. The summed E-state index contributed by atoms with van der Waals surface area (Å²) in [5, 5.41) is 16.6. The Kier molecular flexibility index (Phi) is 7.37. The Morgan fingerprint density at radius 2 is 1.92 bits per heavy atom. The van der Waals surface area contributed by atoms with Crippen molar-refractivity contribution in [1.82, 2.24) is 15.5 Å². The van der Waals surface area contributed by atoms with Crippen molar-refractivity contribution in [3.63, 3.8) is 0 Å². The smallest absolute Gasteiger partial charge is 0.388 e. The number of hydrogen-bond donors (Lipinski definition) is 3. The SMILES string of the molecule is CCNC(=NCC1(O)CCC1)NCCC1CCN(CC(F)(F)F)CC1. The van der Waals surface area contributed by atoms with Crippen LogP contribution < -0.4 is 10.6 Å². The van der Waals surface area contributed by atoms with Crippen LogP contribution in [0.5, 0.6) is 0 Å². The number of alkyl halides is 3. The molecule has 0 aromatic heterocycles. The molecule has 1 aliphatic heterocycles. The summed E-state index contributed by atoms with van der Waals surface area (Å²) in [5.74, 6) is 1.16. The molecule has 2 rings (SSSR count). The highest BCUT2D eigenvalue weighted by Gasteiger charge is 2.34. The first-order valence-electron chi connectivity index (χ1n) is 9.33. The lowest BCUT2D eigenvalue weighted by Gasteiger charge is -2.35. The number of aliphatic imine (C=N–C) groups is 1. The van der Waals surface area contributed by atoms with Crippen molar-refractivity contribution in [3.05, 3.63) is 0 Å². The maximum atomic E-state index is 12.4. The summed E-state index contributed by atoms with van der Waals surface area (Å²) in [6.07, 6.45) is 1.13. The van der Waals surface area contributed by atoms with E-state index in [1.807, 2.05) is 6.92 Å². The standard InChI is InChI=1S/C17H31F3N4O/c1-2-21-15(23-12-16(25)7-3-8-16)22-9-4-14-5-10-24(11-6-14)13-17(18,19)20/h14,25H,2-13H2,1H3,(H2,21,22,23). The summed E-state index contributed by atoms with van der Waals surface area (Å²) in [5.41, 5.74) is -0.631. The summed E-state index contributed by atoms with van der Waals surface area (Å²) >= 11 is 0. The van der Waals surface area contributed by atoms with Crippen molar-refractivity contribution in [2.75, 3.05) is 39.3 Å². The van der Waals surface area contributed by atoms with Gasteiger partial charge in [0.15, 0.2) is 5.96 Å². The first kappa shape index (κ1) is 20.3. The van der Waals surface area contributed by atoms with Gasteiger partial charge >= 0.3 is 6.18 Å². The maximum absolute atomic E-state index is 12.4. The van der Waals surface area contributed by atoms with Crippen LogP contribution in [0.1, 0.15) is 45.4 Å². The molecule has 2 fully saturated rings. The second kappa shape index (κ2) is 9.07. The van der Waals surface area contributed by atoms with Gasteiger partial charge in [0.05, 0.1) is 18.7 Å². The van der Waals surface area contributed by atoms with Crippen LogP contribution in [-0.4, -0.2) is 67.0 Å². The van der Waals surface area contributed by atoms with E-state index in [4.69, 9.17) is 0 Å². The monoisotopic (exact) mass is 364 g/mol. The molecule has 2 aliphatic rings. The third-order valence-electron chi connectivity index (χ3n) is 5.12. The van der Waals surface area contributed by atoms with Crippen LogP contribution in [0.25, 0.3) is 0 Å². The predicted octanol–water partition coefficient (Wildman–Crippen LogP) is 2.12. The van der Waals surface area contributed by atoms with E-state index in [0.29, 0.717) is 31.5 Å². The first-order chi connectivity index (χ1) is 11.8. The van der Waals surface area contributed by atoms with Gasteiger partial charge in [-0.2, -0.15) is 13.2 Å². The Hall–Kier alpha value is -1.02. The van der Waals surface area contributed by atoms with Gasteiger partial charge in [-0.25, -0.2) is 0 Å². The number of piperidine rings is 1. The van der Waals surface area contributed by atoms with E-state index in [9.17, 15) is 18.3 Å². The van der Waals surface area contributed by atoms with Crippen LogP contribution in [0.2, 0.25) is 0 Å². The van der Waals surface area contributed by atoms with Crippen molar-refractivity contribution in [3.8, 4) is 0 Å². The summed E-state index contributed by atoms with van der Waals surface area (Å²) in [6, 6.07) is 0. The molecule has 25 heavy (non-hydrogen) atoms. The second-order valence-corrected chi connectivity index (χ2v) is 7.32. The lowest BCUT2D eigenvalue weighted by atomic mass is 9.80. The van der Waals surface area contributed by atoms with Crippen molar-refractivity contribution < 1.29 is 18.3 Å². The Balaban J connectivity index is 1.65. The van der Waals surface area contributed by atoms with Crippen LogP contribution in [0.4, 0.5) is 13.2 Å². The van der Waals surface area contributed by atoms with Crippen molar-refractivity contribution in [1.29, 1.82) is 0 Å². The van der Waals surface area contributed by atoms with Crippen molar-refractivity contribution >= 4 is 5.96 Å². The third kappa shape index (κ3) is 7.40. The van der Waals surface area contributed by atoms with Gasteiger partial charge in [-0.05, 0) is 64.5 Å². The summed E-state index contributed by atoms with van der Waals surface area (Å²) in [4.78, 5) is 5.95. The lowest BCUT2D eigenvalue weighted by molar-refractivity contribution is -0.148. The van der Waals surface area contributed by atoms with E-state index in [1.165, 1.54) is 4.90 Å². The fourth-order valence-electron chi connectivity index (χ4n) is 3.39. The molecule has 1 aliphatic carbocycles. The van der Waals surface area contributed by atoms with E-state index in [2.05, 4.69) is 15.6 Å². The van der Waals surface area contributed by atoms with Crippen LogP contribution in [0.3, 0.4) is 0 Å². The molecule has 0 radical (unpaired) electrons. The van der Waals surface area contributed by atoms with Crippen molar-refractivity contribution in [2.24, 2.45) is 10.9 Å². The Labute approximate surface area is 148 Å². The fraction of sp³-hybridized carbons (Fsp3) is 0.941. The van der Waals surface area contributed by atoms with Gasteiger partial charge in [0, 0.05) is 13.1 Å². The molecule has 0 bridgehead atoms. The molecule has 146 valence electrons. The molecule has 8 heteroatoms. The van der Waals surface area contributed by atoms with Gasteiger partial charge in [-0.1, -0.05) is 0 Å². The molecule has 1 saturated heterocycles. The molecule has 0 aromatic rings. The average Bonchev–Trinajstić information content (AvgIpc) is 2.51. The quantitative estimate of drug-likeness (QED) is 0.478. The average molecular weight is 364 g/mol. The van der Waals surface area contributed by atoms with Crippen molar-refractivity contribution in [2.45, 2.75) is 57.2 Å². The molecule has 3 N–H and O–H groups in total. The Bertz CT molecular complexity index is 430. The number of likely N-dealkylation sites (tertiary alicyclic amines) is 1. The van der Waals surface area contributed by atoms with Crippen LogP contribution in [0, 0.1) is 5.92 Å². The normalized spacial score (nSPS) is 22.5. The minimum Gasteiger partial charge on any atom is -0.388 e. The molecule has 0 atom stereocenters. The summed E-state index contributed by atoms with van der Waals surface area (Å²) in [7, 11) is 0. The van der Waals surface area contributed by atoms with E-state index < -0.39 is 18.3 Å². The summed E-state index contributed by atoms with van der Waals surface area (Å²) in [6.45, 7) is 4.15. The number of nitrogens with zero attached hydrogens (tertiary/aromatic N) is 2. The Morgan fingerprint density at radius 1 is 1.24 bits per heavy atom. The highest BCUT2D eigenvalue weighted by atomic mass is 19.4. The minimum atomic E-state index is -4.10. The number of aliphatic hydroxyl groups is 1. The fourth-order valence-corrected chi connectivity index (χ4v) is 3.39. The van der Waals surface area contributed by atoms with Gasteiger partial charge in [0.1, 0.15) is 0 Å². The van der Waals surface area contributed by atoms with Gasteiger partial charge in [-0.3, -0.25) is 9.89 Å². The van der Waals surface area contributed by atoms with E-state index >= 15 is 0 Å².